The van der Waals surface area contributed by atoms with E-state index in [9.17, 15) is 0 Å². The molecule has 0 amide bonds. The monoisotopic (exact) mass is 1980 g/mol. The zero-order valence-corrected chi connectivity index (χ0v) is 88.6. The molecule has 1 N–H and O–H groups in total. The highest BCUT2D eigenvalue weighted by Gasteiger charge is 2.21. The summed E-state index contributed by atoms with van der Waals surface area (Å²) in [5.74, 6) is 11.5. The van der Waals surface area contributed by atoms with E-state index in [4.69, 9.17) is 14.2 Å². The Balaban J connectivity index is 0.000000537. The van der Waals surface area contributed by atoms with Crippen LogP contribution in [-0.2, 0) is 42.2 Å². The predicted molar refractivity (Wildman–Crippen MR) is 593 cm³/mol. The number of rotatable bonds is 23. The topological polar surface area (TPSA) is 317 Å². The standard InChI is InChI=1S/C12H20N4.2C12H19N3O.C12H19N3.2C11H17N3.C9H14N2O.2C8H11N.2C7H10N2.5CH4/c1-10(2)11-3-4-14-12(15-11)9-16-7-5-13-6-8-16;1-10(2)12-8-13-7-11(14-12)9-15-3-5-16-6-4-15;1-10(2)11-3-4-13-12(14-11)9-15-5-7-16-8-6-15;1-10(2)11-8-13-9-12(14-11)15-6-4-3-5-7-15;1-9(2)10-4-5-12-11(13-10)8-14-6-3-7-14;1-9(2)11-7-12-6-10(13-11)8-14-4-3-5-14;1-6(2)9-10-7(3)5-8(11-9)12-4;1-7(2)8-4-3-5-9-6-8;1-7(2)8-5-3-4-6-9-8;1-6(2)7-5-8-3-4-9-7;1-6(2)7-8-4-3-5-9-7;;;;;/h3-4,10,13H,5-9H2,1-2H3;7-8,10H,3-6,9H2,1-2H3;3-4,10H,5-9H2,1-2H3;8-10H,3-7H2,1-2H3;4-5,9H,3,6-8H2,1-2H3;6-7,9H,3-5,8H2,1-2H3;5-6H,1-4H3;2*3-7H,1-2H3;2*3-6H,1-2H3;5*1H4. The minimum Gasteiger partial charge on any atom is -0.481 e. The number of morpholine rings is 2. The van der Waals surface area contributed by atoms with Crippen LogP contribution in [0.15, 0.2) is 166 Å². The molecule has 0 saturated carbocycles. The van der Waals surface area contributed by atoms with Crippen LogP contribution in [0.5, 0.6) is 5.88 Å². The van der Waals surface area contributed by atoms with Crippen molar-refractivity contribution in [2.24, 2.45) is 0 Å². The van der Waals surface area contributed by atoms with E-state index < -0.39 is 0 Å². The van der Waals surface area contributed by atoms with Gasteiger partial charge in [0.25, 0.3) is 0 Å². The Morgan fingerprint density at radius 2 is 0.694 bits per heavy atom. The maximum atomic E-state index is 5.32. The van der Waals surface area contributed by atoms with E-state index in [1.165, 1.54) is 63.8 Å². The molecule has 11 aromatic heterocycles. The number of likely N-dealkylation sites (tertiary alicyclic amines) is 2. The number of ether oxygens (including phenoxy) is 3. The first kappa shape index (κ1) is 129. The maximum Gasteiger partial charge on any atom is 0.216 e. The van der Waals surface area contributed by atoms with Crippen LogP contribution in [0.3, 0.4) is 0 Å². The highest BCUT2D eigenvalue weighted by Crippen LogP contribution is 2.24. The molecule has 0 atom stereocenters. The molecule has 0 spiro atoms. The maximum absolute atomic E-state index is 5.32. The van der Waals surface area contributed by atoms with Crippen molar-refractivity contribution in [2.75, 3.05) is 130 Å². The van der Waals surface area contributed by atoms with Gasteiger partial charge in [0.2, 0.25) is 5.88 Å². The fourth-order valence-corrected chi connectivity index (χ4v) is 14.0. The average Bonchev–Trinajstić information content (AvgIpc) is 0.858. The summed E-state index contributed by atoms with van der Waals surface area (Å²) >= 11 is 0. The fourth-order valence-electron chi connectivity index (χ4n) is 14.0. The molecule has 0 radical (unpaired) electrons. The number of aryl methyl sites for hydroxylation is 1. The Morgan fingerprint density at radius 3 is 1.06 bits per heavy atom. The normalized spacial score (nSPS) is 14.5. The number of hydrogen-bond donors (Lipinski definition) is 1. The molecule has 6 aliphatic heterocycles. The molecule has 11 aromatic rings. The van der Waals surface area contributed by atoms with Gasteiger partial charge in [0, 0.05) is 224 Å². The van der Waals surface area contributed by atoms with Crippen LogP contribution in [-0.4, -0.2) is 249 Å². The fraction of sp³-hybridized carbons (Fsp3) is 0.596. The Labute approximate surface area is 870 Å². The molecule has 144 heavy (non-hydrogen) atoms. The highest BCUT2D eigenvalue weighted by molar-refractivity contribution is 5.37. The molecule has 0 unspecified atom stereocenters. The molecule has 0 bridgehead atoms. The van der Waals surface area contributed by atoms with Gasteiger partial charge in [-0.1, -0.05) is 202 Å². The molecule has 30 nitrogen and oxygen atoms in total. The highest BCUT2D eigenvalue weighted by atomic mass is 16.5. The number of piperazine rings is 1. The van der Waals surface area contributed by atoms with Crippen molar-refractivity contribution in [1.82, 2.24) is 129 Å². The van der Waals surface area contributed by atoms with Gasteiger partial charge < -0.3 is 24.4 Å². The van der Waals surface area contributed by atoms with Gasteiger partial charge >= 0.3 is 0 Å². The number of aromatic nitrogens is 20. The van der Waals surface area contributed by atoms with E-state index in [0.29, 0.717) is 71.0 Å². The number of methoxy groups -OCH3 is 1. The molecular formula is C114H187N27O3. The van der Waals surface area contributed by atoms with E-state index in [0.717, 1.165) is 222 Å². The van der Waals surface area contributed by atoms with Crippen molar-refractivity contribution in [3.8, 4) is 5.88 Å². The third-order valence-electron chi connectivity index (χ3n) is 23.1. The Hall–Kier alpha value is -10.7. The van der Waals surface area contributed by atoms with Crippen LogP contribution in [0.2, 0.25) is 0 Å². The summed E-state index contributed by atoms with van der Waals surface area (Å²) in [7, 11) is 1.62. The molecular weight excluding hydrogens is 1800 g/mol. The van der Waals surface area contributed by atoms with E-state index in [1.807, 2.05) is 130 Å². The van der Waals surface area contributed by atoms with Gasteiger partial charge in [-0.25, -0.2) is 49.8 Å². The first-order valence-corrected chi connectivity index (χ1v) is 50.7. The van der Waals surface area contributed by atoms with Crippen LogP contribution in [0.1, 0.15) is 384 Å². The van der Waals surface area contributed by atoms with Crippen molar-refractivity contribution in [3.05, 3.63) is 263 Å². The number of hydrogen-bond acceptors (Lipinski definition) is 30. The van der Waals surface area contributed by atoms with Crippen molar-refractivity contribution in [1.29, 1.82) is 0 Å². The Bertz CT molecular complexity index is 4630. The number of pyridine rings is 2. The van der Waals surface area contributed by atoms with E-state index in [2.05, 4.69) is 293 Å². The number of nitrogens with zero attached hydrogens (tertiary/aromatic N) is 26. The van der Waals surface area contributed by atoms with Gasteiger partial charge in [-0.2, -0.15) is 4.98 Å². The lowest BCUT2D eigenvalue weighted by molar-refractivity contribution is 0.0330. The lowest BCUT2D eigenvalue weighted by Crippen LogP contribution is -2.43. The summed E-state index contributed by atoms with van der Waals surface area (Å²) in [4.78, 5) is 100. The number of anilines is 1. The predicted octanol–water partition coefficient (Wildman–Crippen LogP) is 22.8. The zero-order valence-electron chi connectivity index (χ0n) is 88.6. The van der Waals surface area contributed by atoms with E-state index >= 15 is 0 Å². The van der Waals surface area contributed by atoms with Gasteiger partial charge in [0.05, 0.1) is 93.5 Å². The molecule has 17 heterocycles. The third kappa shape index (κ3) is 51.9. The second kappa shape index (κ2) is 73.4. The van der Waals surface area contributed by atoms with Gasteiger partial charge in [0.15, 0.2) is 0 Å². The first-order valence-electron chi connectivity index (χ1n) is 50.7. The lowest BCUT2D eigenvalue weighted by atomic mass is 10.1. The molecule has 0 aromatic carbocycles. The lowest BCUT2D eigenvalue weighted by Gasteiger charge is -2.30. The molecule has 796 valence electrons. The smallest absolute Gasteiger partial charge is 0.216 e. The average molecular weight is 1980 g/mol. The summed E-state index contributed by atoms with van der Waals surface area (Å²) < 4.78 is 15.7. The van der Waals surface area contributed by atoms with Crippen molar-refractivity contribution >= 4 is 5.82 Å². The number of piperidine rings is 1. The van der Waals surface area contributed by atoms with Crippen LogP contribution < -0.4 is 15.0 Å². The minimum absolute atomic E-state index is 0. The van der Waals surface area contributed by atoms with Crippen molar-refractivity contribution < 1.29 is 14.2 Å². The minimum atomic E-state index is 0. The SMILES string of the molecule is C.C.C.C.C.CC(C)c1ccccn1.CC(C)c1cccnc1.CC(C)c1ccnc(CN2CCC2)n1.CC(C)c1ccnc(CN2CCNCC2)n1.CC(C)c1ccnc(CN2CCOCC2)n1.CC(C)c1cncc(CN2CCC2)n1.CC(C)c1cncc(CN2CCOCC2)n1.CC(C)c1cncc(N2CCCCC2)n1.CC(C)c1cnccn1.CC(C)c1ncccn1.COc1cc(C)nc(C(C)C)n1. The van der Waals surface area contributed by atoms with Crippen molar-refractivity contribution in [2.45, 2.75) is 326 Å². The Morgan fingerprint density at radius 1 is 0.292 bits per heavy atom. The Kier molecular flexibility index (Phi) is 65.9. The summed E-state index contributed by atoms with van der Waals surface area (Å²) in [5, 5.41) is 3.35. The quantitative estimate of drug-likeness (QED) is 0.0622. The van der Waals surface area contributed by atoms with Gasteiger partial charge in [-0.15, -0.1) is 0 Å². The number of nitrogens with one attached hydrogen (secondary N) is 1. The van der Waals surface area contributed by atoms with Gasteiger partial charge in [-0.3, -0.25) is 69.4 Å². The third-order valence-corrected chi connectivity index (χ3v) is 23.1. The molecule has 6 fully saturated rings. The summed E-state index contributed by atoms with van der Waals surface area (Å²) in [5.41, 5.74) is 13.3. The largest absolute Gasteiger partial charge is 0.481 e. The summed E-state index contributed by atoms with van der Waals surface area (Å²) in [6.07, 6.45) is 37.7. The van der Waals surface area contributed by atoms with Gasteiger partial charge in [-0.05, 0) is 166 Å². The van der Waals surface area contributed by atoms with Crippen LogP contribution >= 0.6 is 0 Å². The molecule has 0 aliphatic carbocycles. The van der Waals surface area contributed by atoms with E-state index in [1.54, 1.807) is 44.3 Å². The molecule has 30 heteroatoms. The van der Waals surface area contributed by atoms with Crippen LogP contribution in [0, 0.1) is 6.92 Å². The first-order chi connectivity index (χ1) is 66.9. The van der Waals surface area contributed by atoms with Crippen molar-refractivity contribution in [3.63, 3.8) is 0 Å². The molecule has 6 aliphatic rings. The second-order valence-electron chi connectivity index (χ2n) is 38.9. The summed E-state index contributed by atoms with van der Waals surface area (Å²) in [6.45, 7) is 72.1. The van der Waals surface area contributed by atoms with Gasteiger partial charge in [0.1, 0.15) is 34.9 Å². The molecule has 6 saturated heterocycles. The molecule has 17 rings (SSSR count). The zero-order chi connectivity index (χ0) is 101. The van der Waals surface area contributed by atoms with Crippen LogP contribution in [0.4, 0.5) is 5.82 Å². The second-order valence-corrected chi connectivity index (χ2v) is 38.9. The summed E-state index contributed by atoms with van der Waals surface area (Å²) in [6, 6.07) is 19.7. The van der Waals surface area contributed by atoms with E-state index in [-0.39, 0.29) is 37.1 Å². The van der Waals surface area contributed by atoms with Crippen LogP contribution in [0.25, 0.3) is 0 Å².